The number of aliphatic carboxylic acids is 1. The molecule has 0 radical (unpaired) electrons. The van der Waals surface area contributed by atoms with Gasteiger partial charge in [0.05, 0.1) is 17.9 Å². The first-order valence-corrected chi connectivity index (χ1v) is 8.15. The first-order valence-electron chi connectivity index (χ1n) is 4.85. The predicted molar refractivity (Wildman–Crippen MR) is 61.5 cm³/mol. The zero-order valence-corrected chi connectivity index (χ0v) is 11.0. The Hall–Kier alpha value is -0.710. The van der Waals surface area contributed by atoms with Crippen LogP contribution in [0.5, 0.6) is 0 Å². The van der Waals surface area contributed by atoms with Crippen LogP contribution in [0.25, 0.3) is 0 Å². The van der Waals surface area contributed by atoms with E-state index in [2.05, 4.69) is 4.72 Å². The second-order valence-electron chi connectivity index (χ2n) is 3.17. The molecule has 0 aromatic rings. The van der Waals surface area contributed by atoms with Crippen LogP contribution >= 0.6 is 0 Å². The van der Waals surface area contributed by atoms with Gasteiger partial charge in [-0.1, -0.05) is 6.92 Å². The number of sulfonamides is 2. The van der Waals surface area contributed by atoms with Crippen molar-refractivity contribution in [2.75, 3.05) is 24.6 Å². The van der Waals surface area contributed by atoms with Crippen LogP contribution in [0, 0.1) is 0 Å². The van der Waals surface area contributed by atoms with Gasteiger partial charge >= 0.3 is 5.97 Å². The van der Waals surface area contributed by atoms with Gasteiger partial charge in [0.2, 0.25) is 20.0 Å². The van der Waals surface area contributed by atoms with E-state index < -0.39 is 38.2 Å². The molecule has 0 saturated heterocycles. The number of carboxylic acids is 1. The van der Waals surface area contributed by atoms with Crippen LogP contribution in [0.4, 0.5) is 0 Å². The average Bonchev–Trinajstić information content (AvgIpc) is 2.14. The van der Waals surface area contributed by atoms with E-state index in [4.69, 9.17) is 5.11 Å². The normalized spacial score (nSPS) is 12.5. The van der Waals surface area contributed by atoms with Crippen molar-refractivity contribution in [2.45, 2.75) is 13.3 Å². The molecule has 0 amide bonds. The van der Waals surface area contributed by atoms with Gasteiger partial charge in [-0.15, -0.1) is 0 Å². The summed E-state index contributed by atoms with van der Waals surface area (Å²) in [6, 6.07) is 0. The Kier molecular flexibility index (Phi) is 6.60. The molecule has 0 rings (SSSR count). The van der Waals surface area contributed by atoms with Gasteiger partial charge in [0.15, 0.2) is 0 Å². The average molecular weight is 288 g/mol. The zero-order chi connectivity index (χ0) is 13.5. The Morgan fingerprint density at radius 2 is 1.59 bits per heavy atom. The molecule has 0 fully saturated rings. The third-order valence-electron chi connectivity index (χ3n) is 1.64. The molecule has 10 heteroatoms. The van der Waals surface area contributed by atoms with E-state index in [0.29, 0.717) is 0 Å². The number of carboxylic acid groups (broad SMARTS) is 1. The number of rotatable bonds is 9. The lowest BCUT2D eigenvalue weighted by molar-refractivity contribution is -0.136. The lowest BCUT2D eigenvalue weighted by Gasteiger charge is -2.06. The highest BCUT2D eigenvalue weighted by Crippen LogP contribution is 1.90. The van der Waals surface area contributed by atoms with Gasteiger partial charge in [-0.2, -0.15) is 0 Å². The third-order valence-corrected chi connectivity index (χ3v) is 4.50. The second kappa shape index (κ2) is 6.89. The summed E-state index contributed by atoms with van der Waals surface area (Å²) in [5.41, 5.74) is 0. The summed E-state index contributed by atoms with van der Waals surface area (Å²) < 4.78 is 48.9. The maximum absolute atomic E-state index is 11.2. The summed E-state index contributed by atoms with van der Waals surface area (Å²) >= 11 is 0. The third kappa shape index (κ3) is 9.03. The van der Waals surface area contributed by atoms with Gasteiger partial charge in [-0.05, 0) is 0 Å². The fourth-order valence-corrected chi connectivity index (χ4v) is 3.00. The Morgan fingerprint density at radius 1 is 1.06 bits per heavy atom. The highest BCUT2D eigenvalue weighted by Gasteiger charge is 2.14. The molecule has 17 heavy (non-hydrogen) atoms. The Balaban J connectivity index is 4.08. The van der Waals surface area contributed by atoms with Crippen LogP contribution in [-0.4, -0.2) is 52.5 Å². The summed E-state index contributed by atoms with van der Waals surface area (Å²) in [4.78, 5) is 10.2. The number of carbonyl (C=O) groups is 1. The van der Waals surface area contributed by atoms with Gasteiger partial charge in [0.25, 0.3) is 0 Å². The largest absolute Gasteiger partial charge is 0.481 e. The van der Waals surface area contributed by atoms with E-state index in [1.807, 2.05) is 4.72 Å². The van der Waals surface area contributed by atoms with Crippen LogP contribution in [0.1, 0.15) is 13.3 Å². The van der Waals surface area contributed by atoms with Crippen molar-refractivity contribution in [2.24, 2.45) is 0 Å². The molecule has 0 atom stereocenters. The molecule has 0 heterocycles. The van der Waals surface area contributed by atoms with Crippen LogP contribution in [0.15, 0.2) is 0 Å². The first-order chi connectivity index (χ1) is 7.68. The standard InChI is InChI=1S/C7H16N2O6S2/c1-2-8-17(14,15)6-4-9-16(12,13)5-3-7(10)11/h8-9H,2-6H2,1H3,(H,10,11). The lowest BCUT2D eigenvalue weighted by atomic mass is 10.5. The van der Waals surface area contributed by atoms with E-state index in [-0.39, 0.29) is 18.8 Å². The van der Waals surface area contributed by atoms with Crippen LogP contribution in [0.2, 0.25) is 0 Å². The van der Waals surface area contributed by atoms with Crippen molar-refractivity contribution < 1.29 is 26.7 Å². The molecule has 0 bridgehead atoms. The smallest absolute Gasteiger partial charge is 0.304 e. The van der Waals surface area contributed by atoms with E-state index in [9.17, 15) is 21.6 Å². The van der Waals surface area contributed by atoms with Gasteiger partial charge in [-0.3, -0.25) is 4.79 Å². The van der Waals surface area contributed by atoms with Gasteiger partial charge in [-0.25, -0.2) is 26.3 Å². The van der Waals surface area contributed by atoms with E-state index >= 15 is 0 Å². The van der Waals surface area contributed by atoms with Gasteiger partial charge < -0.3 is 5.11 Å². The van der Waals surface area contributed by atoms with Crippen molar-refractivity contribution in [1.82, 2.24) is 9.44 Å². The zero-order valence-electron chi connectivity index (χ0n) is 9.34. The highest BCUT2D eigenvalue weighted by molar-refractivity contribution is 7.90. The molecule has 0 unspecified atom stereocenters. The van der Waals surface area contributed by atoms with E-state index in [1.165, 1.54) is 0 Å². The summed E-state index contributed by atoms with van der Waals surface area (Å²) in [7, 11) is -7.22. The van der Waals surface area contributed by atoms with Crippen molar-refractivity contribution in [1.29, 1.82) is 0 Å². The molecule has 8 nitrogen and oxygen atoms in total. The van der Waals surface area contributed by atoms with Crippen molar-refractivity contribution in [3.63, 3.8) is 0 Å². The topological polar surface area (TPSA) is 130 Å². The molecule has 0 saturated carbocycles. The van der Waals surface area contributed by atoms with Crippen LogP contribution in [0.3, 0.4) is 0 Å². The molecule has 0 aliphatic rings. The summed E-state index contributed by atoms with van der Waals surface area (Å²) in [6.07, 6.45) is -0.519. The highest BCUT2D eigenvalue weighted by atomic mass is 32.2. The van der Waals surface area contributed by atoms with E-state index in [0.717, 1.165) is 0 Å². The molecule has 102 valence electrons. The molecule has 0 aromatic heterocycles. The molecule has 0 aliphatic heterocycles. The van der Waals surface area contributed by atoms with Crippen LogP contribution < -0.4 is 9.44 Å². The summed E-state index contributed by atoms with van der Waals surface area (Å²) in [5.74, 6) is -2.17. The summed E-state index contributed by atoms with van der Waals surface area (Å²) in [5, 5.41) is 8.30. The minimum atomic E-state index is -3.74. The monoisotopic (exact) mass is 288 g/mol. The van der Waals surface area contributed by atoms with Crippen LogP contribution in [-0.2, 0) is 24.8 Å². The Morgan fingerprint density at radius 3 is 2.06 bits per heavy atom. The summed E-state index contributed by atoms with van der Waals surface area (Å²) in [6.45, 7) is 1.56. The molecular weight excluding hydrogens is 272 g/mol. The van der Waals surface area contributed by atoms with E-state index in [1.54, 1.807) is 6.92 Å². The number of hydrogen-bond donors (Lipinski definition) is 3. The SMILES string of the molecule is CCNS(=O)(=O)CCNS(=O)(=O)CCC(=O)O. The fraction of sp³-hybridized carbons (Fsp3) is 0.857. The predicted octanol–water partition coefficient (Wildman–Crippen LogP) is -1.68. The quantitative estimate of drug-likeness (QED) is 0.464. The first kappa shape index (κ1) is 16.3. The van der Waals surface area contributed by atoms with Crippen molar-refractivity contribution in [3.8, 4) is 0 Å². The molecule has 0 spiro atoms. The molecule has 0 aromatic carbocycles. The lowest BCUT2D eigenvalue weighted by Crippen LogP contribution is -2.35. The minimum Gasteiger partial charge on any atom is -0.481 e. The number of hydrogen-bond acceptors (Lipinski definition) is 5. The van der Waals surface area contributed by atoms with Gasteiger partial charge in [0, 0.05) is 13.1 Å². The maximum atomic E-state index is 11.2. The Bertz CT molecular complexity index is 441. The molecule has 3 N–H and O–H groups in total. The maximum Gasteiger partial charge on any atom is 0.304 e. The van der Waals surface area contributed by atoms with Crippen molar-refractivity contribution >= 4 is 26.0 Å². The molecular formula is C7H16N2O6S2. The molecule has 0 aliphatic carbocycles. The Labute approximate surface area is 101 Å². The van der Waals surface area contributed by atoms with Crippen molar-refractivity contribution in [3.05, 3.63) is 0 Å². The minimum absolute atomic E-state index is 0.230. The fourth-order valence-electron chi connectivity index (χ4n) is 0.917. The number of nitrogens with one attached hydrogen (secondary N) is 2. The van der Waals surface area contributed by atoms with Gasteiger partial charge in [0.1, 0.15) is 0 Å². The second-order valence-corrected chi connectivity index (χ2v) is 7.03.